The summed E-state index contributed by atoms with van der Waals surface area (Å²) in [6.45, 7) is 4.85. The number of carbonyl (C=O) groups is 1. The van der Waals surface area contributed by atoms with E-state index < -0.39 is 0 Å². The van der Waals surface area contributed by atoms with Gasteiger partial charge in [-0.3, -0.25) is 0 Å². The third kappa shape index (κ3) is 4.17. The van der Waals surface area contributed by atoms with Gasteiger partial charge in [-0.15, -0.1) is 0 Å². The molecule has 0 heterocycles. The van der Waals surface area contributed by atoms with Crippen LogP contribution >= 0.6 is 0 Å². The van der Waals surface area contributed by atoms with Gasteiger partial charge in [-0.25, -0.2) is 4.79 Å². The number of ether oxygens (including phenoxy) is 1. The van der Waals surface area contributed by atoms with Crippen LogP contribution in [-0.4, -0.2) is 19.1 Å². The second-order valence-electron chi connectivity index (χ2n) is 3.35. The number of carbonyl (C=O) groups excluding carboxylic acids is 1. The second kappa shape index (κ2) is 6.67. The molecule has 0 fully saturated rings. The van der Waals surface area contributed by atoms with Crippen LogP contribution < -0.4 is 5.32 Å². The maximum absolute atomic E-state index is 11.0. The number of hydrogen-bond donors (Lipinski definition) is 1. The minimum Gasteiger partial charge on any atom is -0.463 e. The summed E-state index contributed by atoms with van der Waals surface area (Å²) in [4.78, 5) is 11.0. The lowest BCUT2D eigenvalue weighted by Gasteiger charge is -2.06. The molecular formula is C13H17NO2. The first-order valence-electron chi connectivity index (χ1n) is 5.37. The standard InChI is InChI=1S/C13H17NO2/c1-3-16-13(15)9-6-10-14-12-8-5-4-7-11(12)2/h4-9,14H,3,10H2,1-2H3/b9-6+. The highest BCUT2D eigenvalue weighted by Crippen LogP contribution is 2.12. The number of aryl methyl sites for hydroxylation is 1. The van der Waals surface area contributed by atoms with Gasteiger partial charge in [0.05, 0.1) is 6.61 Å². The van der Waals surface area contributed by atoms with Gasteiger partial charge >= 0.3 is 5.97 Å². The molecule has 1 rings (SSSR count). The molecule has 0 spiro atoms. The lowest BCUT2D eigenvalue weighted by Crippen LogP contribution is -2.03. The molecule has 0 aliphatic rings. The van der Waals surface area contributed by atoms with Gasteiger partial charge in [0.2, 0.25) is 0 Å². The van der Waals surface area contributed by atoms with Gasteiger partial charge in [-0.2, -0.15) is 0 Å². The van der Waals surface area contributed by atoms with Crippen molar-refractivity contribution in [3.8, 4) is 0 Å². The Labute approximate surface area is 96.1 Å². The molecule has 0 radical (unpaired) electrons. The third-order valence-corrected chi connectivity index (χ3v) is 2.10. The molecule has 1 aromatic carbocycles. The van der Waals surface area contributed by atoms with E-state index in [0.717, 1.165) is 5.69 Å². The zero-order valence-electron chi connectivity index (χ0n) is 9.69. The van der Waals surface area contributed by atoms with Gasteiger partial charge in [0.15, 0.2) is 0 Å². The van der Waals surface area contributed by atoms with Crippen LogP contribution in [0.4, 0.5) is 5.69 Å². The third-order valence-electron chi connectivity index (χ3n) is 2.10. The molecule has 1 N–H and O–H groups in total. The molecule has 0 aromatic heterocycles. The van der Waals surface area contributed by atoms with Crippen LogP contribution in [0.3, 0.4) is 0 Å². The molecule has 0 saturated carbocycles. The fraction of sp³-hybridized carbons (Fsp3) is 0.308. The predicted octanol–water partition coefficient (Wildman–Crippen LogP) is 2.53. The quantitative estimate of drug-likeness (QED) is 0.611. The van der Waals surface area contributed by atoms with Crippen molar-refractivity contribution in [3.05, 3.63) is 42.0 Å². The van der Waals surface area contributed by atoms with Crippen molar-refractivity contribution in [2.45, 2.75) is 13.8 Å². The summed E-state index contributed by atoms with van der Waals surface area (Å²) in [5.41, 5.74) is 2.27. The molecule has 0 aliphatic heterocycles. The Kier molecular flexibility index (Phi) is 5.12. The lowest BCUT2D eigenvalue weighted by molar-refractivity contribution is -0.137. The van der Waals surface area contributed by atoms with Gasteiger partial charge in [0, 0.05) is 18.3 Å². The SMILES string of the molecule is CCOC(=O)/C=C/CNc1ccccc1C. The first-order chi connectivity index (χ1) is 7.74. The summed E-state index contributed by atoms with van der Waals surface area (Å²) in [5.74, 6) is -0.297. The number of anilines is 1. The van der Waals surface area contributed by atoms with Crippen molar-refractivity contribution >= 4 is 11.7 Å². The molecular weight excluding hydrogens is 202 g/mol. The highest BCUT2D eigenvalue weighted by molar-refractivity contribution is 5.81. The molecule has 0 unspecified atom stereocenters. The van der Waals surface area contributed by atoms with Crippen LogP contribution in [0.15, 0.2) is 36.4 Å². The maximum atomic E-state index is 11.0. The van der Waals surface area contributed by atoms with Crippen molar-refractivity contribution in [2.75, 3.05) is 18.5 Å². The van der Waals surface area contributed by atoms with Crippen molar-refractivity contribution in [3.63, 3.8) is 0 Å². The molecule has 86 valence electrons. The topological polar surface area (TPSA) is 38.3 Å². The van der Waals surface area contributed by atoms with Crippen molar-refractivity contribution in [1.82, 2.24) is 0 Å². The number of benzene rings is 1. The fourth-order valence-corrected chi connectivity index (χ4v) is 1.29. The molecule has 0 bridgehead atoms. The van der Waals surface area contributed by atoms with E-state index >= 15 is 0 Å². The monoisotopic (exact) mass is 219 g/mol. The molecule has 0 amide bonds. The lowest BCUT2D eigenvalue weighted by atomic mass is 10.2. The number of esters is 1. The summed E-state index contributed by atoms with van der Waals surface area (Å²) in [6, 6.07) is 8.02. The first-order valence-corrected chi connectivity index (χ1v) is 5.37. The Morgan fingerprint density at radius 3 is 2.88 bits per heavy atom. The summed E-state index contributed by atoms with van der Waals surface area (Å²) < 4.78 is 4.76. The van der Waals surface area contributed by atoms with E-state index in [1.54, 1.807) is 13.0 Å². The largest absolute Gasteiger partial charge is 0.463 e. The summed E-state index contributed by atoms with van der Waals surface area (Å²) in [6.07, 6.45) is 3.19. The van der Waals surface area contributed by atoms with Crippen LogP contribution in [0, 0.1) is 6.92 Å². The Balaban J connectivity index is 2.36. The summed E-state index contributed by atoms with van der Waals surface area (Å²) in [5, 5.41) is 3.22. The fourth-order valence-electron chi connectivity index (χ4n) is 1.29. The van der Waals surface area contributed by atoms with Crippen LogP contribution in [0.2, 0.25) is 0 Å². The van der Waals surface area contributed by atoms with E-state index in [1.165, 1.54) is 11.6 Å². The zero-order chi connectivity index (χ0) is 11.8. The van der Waals surface area contributed by atoms with E-state index in [1.807, 2.05) is 31.2 Å². The highest BCUT2D eigenvalue weighted by atomic mass is 16.5. The van der Waals surface area contributed by atoms with Crippen LogP contribution in [0.1, 0.15) is 12.5 Å². The molecule has 16 heavy (non-hydrogen) atoms. The Morgan fingerprint density at radius 2 is 2.19 bits per heavy atom. The van der Waals surface area contributed by atoms with Crippen LogP contribution in [-0.2, 0) is 9.53 Å². The summed E-state index contributed by atoms with van der Waals surface area (Å²) in [7, 11) is 0. The number of para-hydroxylation sites is 1. The smallest absolute Gasteiger partial charge is 0.330 e. The van der Waals surface area contributed by atoms with E-state index in [4.69, 9.17) is 4.74 Å². The minimum absolute atomic E-state index is 0.297. The van der Waals surface area contributed by atoms with E-state index in [-0.39, 0.29) is 5.97 Å². The van der Waals surface area contributed by atoms with E-state index in [2.05, 4.69) is 5.32 Å². The Hall–Kier alpha value is -1.77. The molecule has 0 saturated heterocycles. The van der Waals surface area contributed by atoms with Crippen LogP contribution in [0.5, 0.6) is 0 Å². The molecule has 1 aromatic rings. The van der Waals surface area contributed by atoms with Crippen molar-refractivity contribution in [1.29, 1.82) is 0 Å². The maximum Gasteiger partial charge on any atom is 0.330 e. The molecule has 3 heteroatoms. The van der Waals surface area contributed by atoms with Gasteiger partial charge in [0.25, 0.3) is 0 Å². The van der Waals surface area contributed by atoms with Crippen molar-refractivity contribution in [2.24, 2.45) is 0 Å². The summed E-state index contributed by atoms with van der Waals surface area (Å²) >= 11 is 0. The molecule has 0 aliphatic carbocycles. The van der Waals surface area contributed by atoms with E-state index in [0.29, 0.717) is 13.2 Å². The van der Waals surface area contributed by atoms with Gasteiger partial charge < -0.3 is 10.1 Å². The average molecular weight is 219 g/mol. The number of nitrogens with one attached hydrogen (secondary N) is 1. The Morgan fingerprint density at radius 1 is 1.44 bits per heavy atom. The first kappa shape index (κ1) is 12.3. The van der Waals surface area contributed by atoms with Crippen molar-refractivity contribution < 1.29 is 9.53 Å². The normalized spacial score (nSPS) is 10.4. The van der Waals surface area contributed by atoms with Gasteiger partial charge in [-0.1, -0.05) is 24.3 Å². The van der Waals surface area contributed by atoms with Gasteiger partial charge in [-0.05, 0) is 25.5 Å². The second-order valence-corrected chi connectivity index (χ2v) is 3.35. The van der Waals surface area contributed by atoms with Crippen LogP contribution in [0.25, 0.3) is 0 Å². The van der Waals surface area contributed by atoms with E-state index in [9.17, 15) is 4.79 Å². The average Bonchev–Trinajstić information content (AvgIpc) is 2.27. The molecule has 0 atom stereocenters. The Bertz CT molecular complexity index is 372. The highest BCUT2D eigenvalue weighted by Gasteiger charge is 1.94. The number of rotatable bonds is 5. The minimum atomic E-state index is -0.297. The number of hydrogen-bond acceptors (Lipinski definition) is 3. The molecule has 3 nitrogen and oxygen atoms in total. The predicted molar refractivity (Wildman–Crippen MR) is 65.4 cm³/mol. The van der Waals surface area contributed by atoms with Gasteiger partial charge in [0.1, 0.15) is 0 Å². The zero-order valence-corrected chi connectivity index (χ0v) is 9.69.